The summed E-state index contributed by atoms with van der Waals surface area (Å²) < 4.78 is 0. The van der Waals surface area contributed by atoms with Crippen LogP contribution >= 0.6 is 11.6 Å². The molecule has 0 fully saturated rings. The van der Waals surface area contributed by atoms with E-state index in [4.69, 9.17) is 11.6 Å². The lowest BCUT2D eigenvalue weighted by Crippen LogP contribution is -2.23. The number of nitrogens with zero attached hydrogens (tertiary/aromatic N) is 1. The van der Waals surface area contributed by atoms with Crippen molar-refractivity contribution in [3.05, 3.63) is 58.4 Å². The van der Waals surface area contributed by atoms with Gasteiger partial charge in [-0.15, -0.1) is 0 Å². The van der Waals surface area contributed by atoms with Crippen molar-refractivity contribution in [2.75, 3.05) is 14.1 Å². The third kappa shape index (κ3) is 4.11. The molecule has 0 radical (unpaired) electrons. The molecule has 5 heteroatoms. The molecule has 0 aliphatic rings. The summed E-state index contributed by atoms with van der Waals surface area (Å²) in [6.45, 7) is 1.41. The maximum atomic E-state index is 11.8. The predicted octanol–water partition coefficient (Wildman–Crippen LogP) is 2.66. The van der Waals surface area contributed by atoms with Crippen LogP contribution in [0.3, 0.4) is 0 Å². The number of amides is 1. The van der Waals surface area contributed by atoms with Gasteiger partial charge in [0, 0.05) is 19.3 Å². The smallest absolute Gasteiger partial charge is 0.268 e. The van der Waals surface area contributed by atoms with Crippen LogP contribution in [0.5, 0.6) is 0 Å². The van der Waals surface area contributed by atoms with Gasteiger partial charge in [-0.3, -0.25) is 4.79 Å². The molecule has 0 spiro atoms. The molecule has 0 saturated heterocycles. The van der Waals surface area contributed by atoms with E-state index < -0.39 is 0 Å². The molecule has 0 atom stereocenters. The average Bonchev–Trinajstić information content (AvgIpc) is 2.84. The number of H-pyrrole nitrogens is 1. The summed E-state index contributed by atoms with van der Waals surface area (Å²) in [6, 6.07) is 9.82. The lowest BCUT2D eigenvalue weighted by Gasteiger charge is -2.10. The van der Waals surface area contributed by atoms with E-state index in [-0.39, 0.29) is 5.91 Å². The lowest BCUT2D eigenvalue weighted by molar-refractivity contribution is 0.0946. The van der Waals surface area contributed by atoms with Crippen LogP contribution in [0.25, 0.3) is 0 Å². The summed E-state index contributed by atoms with van der Waals surface area (Å²) in [4.78, 5) is 16.8. The summed E-state index contributed by atoms with van der Waals surface area (Å²) in [5, 5.41) is 3.38. The molecule has 1 aromatic heterocycles. The van der Waals surface area contributed by atoms with E-state index in [1.54, 1.807) is 12.3 Å². The van der Waals surface area contributed by atoms with Crippen LogP contribution in [-0.2, 0) is 13.1 Å². The van der Waals surface area contributed by atoms with Crippen LogP contribution in [0.1, 0.15) is 21.6 Å². The zero-order valence-electron chi connectivity index (χ0n) is 11.6. The van der Waals surface area contributed by atoms with Crippen molar-refractivity contribution in [1.29, 1.82) is 0 Å². The van der Waals surface area contributed by atoms with Crippen LogP contribution in [0.15, 0.2) is 36.5 Å². The molecule has 20 heavy (non-hydrogen) atoms. The van der Waals surface area contributed by atoms with Crippen LogP contribution < -0.4 is 5.32 Å². The molecule has 2 N–H and O–H groups in total. The minimum absolute atomic E-state index is 0.158. The number of carbonyl (C=O) groups is 1. The first-order chi connectivity index (χ1) is 9.54. The summed E-state index contributed by atoms with van der Waals surface area (Å²) in [5.74, 6) is -0.158. The highest BCUT2D eigenvalue weighted by atomic mass is 35.5. The Hall–Kier alpha value is -1.78. The molecule has 1 heterocycles. The van der Waals surface area contributed by atoms with Gasteiger partial charge in [-0.1, -0.05) is 35.9 Å². The SMILES string of the molecule is CN(C)Cc1ccc(CNC(=O)c2cc(Cl)c[nH]2)cc1. The van der Waals surface area contributed by atoms with Crippen molar-refractivity contribution in [2.24, 2.45) is 0 Å². The summed E-state index contributed by atoms with van der Waals surface area (Å²) >= 11 is 5.77. The van der Waals surface area contributed by atoms with Crippen LogP contribution in [0.2, 0.25) is 5.02 Å². The molecular formula is C15H18ClN3O. The Morgan fingerprint density at radius 2 is 1.90 bits per heavy atom. The largest absolute Gasteiger partial charge is 0.356 e. The van der Waals surface area contributed by atoms with Gasteiger partial charge < -0.3 is 15.2 Å². The number of hydrogen-bond acceptors (Lipinski definition) is 2. The summed E-state index contributed by atoms with van der Waals surface area (Å²) in [7, 11) is 4.07. The minimum Gasteiger partial charge on any atom is -0.356 e. The molecule has 0 aliphatic heterocycles. The van der Waals surface area contributed by atoms with Crippen molar-refractivity contribution in [3.8, 4) is 0 Å². The summed E-state index contributed by atoms with van der Waals surface area (Å²) in [5.41, 5.74) is 2.79. The fourth-order valence-electron chi connectivity index (χ4n) is 1.90. The maximum absolute atomic E-state index is 11.8. The van der Waals surface area contributed by atoms with Crippen molar-refractivity contribution >= 4 is 17.5 Å². The van der Waals surface area contributed by atoms with Gasteiger partial charge in [0.15, 0.2) is 0 Å². The molecule has 0 unspecified atom stereocenters. The maximum Gasteiger partial charge on any atom is 0.268 e. The lowest BCUT2D eigenvalue weighted by atomic mass is 10.1. The number of aromatic amines is 1. The highest BCUT2D eigenvalue weighted by Crippen LogP contribution is 2.10. The second-order valence-electron chi connectivity index (χ2n) is 4.97. The van der Waals surface area contributed by atoms with Crippen LogP contribution in [0, 0.1) is 0 Å². The first-order valence-electron chi connectivity index (χ1n) is 6.39. The number of carbonyl (C=O) groups excluding carboxylic acids is 1. The standard InChI is InChI=1S/C15H18ClN3O/c1-19(2)10-12-5-3-11(4-6-12)8-18-15(20)14-7-13(16)9-17-14/h3-7,9,17H,8,10H2,1-2H3,(H,18,20). The highest BCUT2D eigenvalue weighted by molar-refractivity contribution is 6.30. The quantitative estimate of drug-likeness (QED) is 0.890. The molecule has 106 valence electrons. The van der Waals surface area contributed by atoms with E-state index >= 15 is 0 Å². The van der Waals surface area contributed by atoms with Gasteiger partial charge in [0.05, 0.1) is 5.02 Å². The molecule has 2 aromatic rings. The van der Waals surface area contributed by atoms with Crippen molar-refractivity contribution in [1.82, 2.24) is 15.2 Å². The van der Waals surface area contributed by atoms with E-state index in [1.807, 2.05) is 26.2 Å². The minimum atomic E-state index is -0.158. The number of rotatable bonds is 5. The molecular weight excluding hydrogens is 274 g/mol. The van der Waals surface area contributed by atoms with E-state index in [2.05, 4.69) is 27.3 Å². The average molecular weight is 292 g/mol. The number of aromatic nitrogens is 1. The topological polar surface area (TPSA) is 48.1 Å². The molecule has 0 bridgehead atoms. The van der Waals surface area contributed by atoms with Crippen molar-refractivity contribution in [3.63, 3.8) is 0 Å². The molecule has 0 aliphatic carbocycles. The Kier molecular flexibility index (Phi) is 4.82. The Balaban J connectivity index is 1.89. The van der Waals surface area contributed by atoms with Crippen LogP contribution in [0.4, 0.5) is 0 Å². The third-order valence-corrected chi connectivity index (χ3v) is 3.09. The molecule has 2 rings (SSSR count). The molecule has 1 amide bonds. The Morgan fingerprint density at radius 1 is 1.25 bits per heavy atom. The van der Waals surface area contributed by atoms with Gasteiger partial charge >= 0.3 is 0 Å². The molecule has 4 nitrogen and oxygen atoms in total. The van der Waals surface area contributed by atoms with E-state index in [9.17, 15) is 4.79 Å². The van der Waals surface area contributed by atoms with Crippen molar-refractivity contribution < 1.29 is 4.79 Å². The highest BCUT2D eigenvalue weighted by Gasteiger charge is 2.07. The summed E-state index contributed by atoms with van der Waals surface area (Å²) in [6.07, 6.45) is 1.59. The predicted molar refractivity (Wildman–Crippen MR) is 80.8 cm³/mol. The second kappa shape index (κ2) is 6.59. The number of halogens is 1. The fourth-order valence-corrected chi connectivity index (χ4v) is 2.07. The molecule has 0 saturated carbocycles. The third-order valence-electron chi connectivity index (χ3n) is 2.87. The number of benzene rings is 1. The zero-order valence-corrected chi connectivity index (χ0v) is 12.4. The van der Waals surface area contributed by atoms with Gasteiger partial charge in [0.1, 0.15) is 5.69 Å². The van der Waals surface area contributed by atoms with Crippen LogP contribution in [-0.4, -0.2) is 29.9 Å². The zero-order chi connectivity index (χ0) is 14.5. The first kappa shape index (κ1) is 14.6. The molecule has 1 aromatic carbocycles. The number of nitrogens with one attached hydrogen (secondary N) is 2. The van der Waals surface area contributed by atoms with Gasteiger partial charge in [-0.2, -0.15) is 0 Å². The van der Waals surface area contributed by atoms with Crippen molar-refractivity contribution in [2.45, 2.75) is 13.1 Å². The van der Waals surface area contributed by atoms with Gasteiger partial charge in [-0.25, -0.2) is 0 Å². The monoisotopic (exact) mass is 291 g/mol. The Labute approximate surface area is 123 Å². The second-order valence-corrected chi connectivity index (χ2v) is 5.40. The van der Waals surface area contributed by atoms with Gasteiger partial charge in [0.25, 0.3) is 5.91 Å². The fraction of sp³-hybridized carbons (Fsp3) is 0.267. The van der Waals surface area contributed by atoms with Gasteiger partial charge in [-0.05, 0) is 31.3 Å². The van der Waals surface area contributed by atoms with E-state index in [1.165, 1.54) is 5.56 Å². The first-order valence-corrected chi connectivity index (χ1v) is 6.77. The Bertz CT molecular complexity index is 575. The number of hydrogen-bond donors (Lipinski definition) is 2. The normalized spacial score (nSPS) is 10.8. The van der Waals surface area contributed by atoms with E-state index in [0.29, 0.717) is 17.3 Å². The Morgan fingerprint density at radius 3 is 2.45 bits per heavy atom. The van der Waals surface area contributed by atoms with Gasteiger partial charge in [0.2, 0.25) is 0 Å². The van der Waals surface area contributed by atoms with E-state index in [0.717, 1.165) is 12.1 Å².